The third kappa shape index (κ3) is 7.31. The fraction of sp³-hybridized carbons (Fsp3) is 0.696. The first-order valence-corrected chi connectivity index (χ1v) is 11.2. The molecule has 2 aliphatic rings. The molecule has 164 valence electrons. The van der Waals surface area contributed by atoms with Gasteiger partial charge in [-0.3, -0.25) is 0 Å². The fourth-order valence-corrected chi connectivity index (χ4v) is 4.14. The van der Waals surface area contributed by atoms with E-state index in [1.807, 2.05) is 0 Å². The minimum Gasteiger partial charge on any atom is -0.378 e. The zero-order valence-electron chi connectivity index (χ0n) is 18.4. The third-order valence-corrected chi connectivity index (χ3v) is 5.98. The van der Waals surface area contributed by atoms with Crippen LogP contribution in [-0.2, 0) is 11.3 Å². The van der Waals surface area contributed by atoms with E-state index in [-0.39, 0.29) is 24.0 Å². The van der Waals surface area contributed by atoms with Crippen molar-refractivity contribution in [2.45, 2.75) is 59.1 Å². The molecule has 0 spiro atoms. The Kier molecular flexibility index (Phi) is 10.6. The van der Waals surface area contributed by atoms with E-state index in [9.17, 15) is 0 Å². The van der Waals surface area contributed by atoms with E-state index in [1.165, 1.54) is 37.2 Å². The lowest BCUT2D eigenvalue weighted by molar-refractivity contribution is 0.0263. The largest absolute Gasteiger partial charge is 0.378 e. The second kappa shape index (κ2) is 12.6. The lowest BCUT2D eigenvalue weighted by atomic mass is 9.99. The van der Waals surface area contributed by atoms with Gasteiger partial charge in [0.05, 0.1) is 12.6 Å². The summed E-state index contributed by atoms with van der Waals surface area (Å²) in [5, 5.41) is 3.46. The minimum absolute atomic E-state index is 0. The van der Waals surface area contributed by atoms with Crippen LogP contribution in [0.4, 0.5) is 5.69 Å². The van der Waals surface area contributed by atoms with E-state index >= 15 is 0 Å². The number of nitrogens with zero attached hydrogens (tertiary/aromatic N) is 3. The van der Waals surface area contributed by atoms with Crippen molar-refractivity contribution >= 4 is 35.6 Å². The van der Waals surface area contributed by atoms with Gasteiger partial charge in [-0.05, 0) is 63.1 Å². The number of likely N-dealkylation sites (tertiary alicyclic amines) is 1. The van der Waals surface area contributed by atoms with Gasteiger partial charge in [-0.2, -0.15) is 0 Å². The van der Waals surface area contributed by atoms with Crippen LogP contribution in [0, 0.1) is 5.92 Å². The highest BCUT2D eigenvalue weighted by molar-refractivity contribution is 14.0. The average molecular weight is 514 g/mol. The first kappa shape index (κ1) is 24.3. The summed E-state index contributed by atoms with van der Waals surface area (Å²) < 4.78 is 5.78. The molecule has 5 nitrogen and oxygen atoms in total. The van der Waals surface area contributed by atoms with Crippen LogP contribution in [0.15, 0.2) is 29.3 Å². The zero-order chi connectivity index (χ0) is 19.8. The smallest absolute Gasteiger partial charge is 0.194 e. The molecule has 1 N–H and O–H groups in total. The molecule has 0 amide bonds. The molecule has 2 fully saturated rings. The Morgan fingerprint density at radius 1 is 1.03 bits per heavy atom. The number of anilines is 1. The number of aliphatic imine (C=N–C) groups is 1. The fourth-order valence-electron chi connectivity index (χ4n) is 4.14. The second-order valence-electron chi connectivity index (χ2n) is 8.15. The van der Waals surface area contributed by atoms with E-state index < -0.39 is 0 Å². The Bertz CT molecular complexity index is 606. The summed E-state index contributed by atoms with van der Waals surface area (Å²) in [5.74, 6) is 1.90. The highest BCUT2D eigenvalue weighted by atomic mass is 127. The van der Waals surface area contributed by atoms with Crippen LogP contribution in [-0.4, -0.2) is 56.3 Å². The molecule has 1 aromatic rings. The van der Waals surface area contributed by atoms with Gasteiger partial charge in [0.1, 0.15) is 0 Å². The average Bonchev–Trinajstić information content (AvgIpc) is 2.73. The van der Waals surface area contributed by atoms with Gasteiger partial charge >= 0.3 is 0 Å². The molecular weight excluding hydrogens is 475 g/mol. The summed E-state index contributed by atoms with van der Waals surface area (Å²) in [6, 6.07) is 9.01. The number of benzene rings is 1. The Morgan fingerprint density at radius 3 is 2.28 bits per heavy atom. The summed E-state index contributed by atoms with van der Waals surface area (Å²) in [7, 11) is 0. The Labute approximate surface area is 194 Å². The van der Waals surface area contributed by atoms with Crippen molar-refractivity contribution in [3.63, 3.8) is 0 Å². The van der Waals surface area contributed by atoms with Gasteiger partial charge in [0.15, 0.2) is 5.96 Å². The minimum atomic E-state index is 0. The second-order valence-corrected chi connectivity index (χ2v) is 8.15. The molecule has 0 aliphatic carbocycles. The molecule has 0 radical (unpaired) electrons. The highest BCUT2D eigenvalue weighted by Gasteiger charge is 2.21. The number of nitrogens with one attached hydrogen (secondary N) is 1. The maximum atomic E-state index is 5.78. The Balaban J connectivity index is 0.00000300. The number of ether oxygens (including phenoxy) is 1. The molecule has 2 heterocycles. The monoisotopic (exact) mass is 514 g/mol. The number of halogens is 1. The molecule has 1 aromatic carbocycles. The van der Waals surface area contributed by atoms with Crippen molar-refractivity contribution in [2.24, 2.45) is 10.9 Å². The highest BCUT2D eigenvalue weighted by Crippen LogP contribution is 2.23. The SMILES string of the molecule is CCNC(=NCc1ccc(N2CCC(C)CC2)cc1)N1CCC(OCC)CC1.I. The van der Waals surface area contributed by atoms with Gasteiger partial charge < -0.3 is 19.9 Å². The maximum absolute atomic E-state index is 5.78. The van der Waals surface area contributed by atoms with Crippen molar-refractivity contribution in [3.8, 4) is 0 Å². The molecular formula is C23H39IN4O. The van der Waals surface area contributed by atoms with Gasteiger partial charge in [-0.1, -0.05) is 19.1 Å². The van der Waals surface area contributed by atoms with Gasteiger partial charge in [0.25, 0.3) is 0 Å². The van der Waals surface area contributed by atoms with Crippen LogP contribution < -0.4 is 10.2 Å². The van der Waals surface area contributed by atoms with E-state index in [0.29, 0.717) is 6.10 Å². The summed E-state index contributed by atoms with van der Waals surface area (Å²) >= 11 is 0. The first-order valence-electron chi connectivity index (χ1n) is 11.2. The maximum Gasteiger partial charge on any atom is 0.194 e. The summed E-state index contributed by atoms with van der Waals surface area (Å²) in [6.45, 7) is 13.4. The quantitative estimate of drug-likeness (QED) is 0.345. The van der Waals surface area contributed by atoms with Crippen LogP contribution in [0.25, 0.3) is 0 Å². The van der Waals surface area contributed by atoms with Crippen LogP contribution in [0.2, 0.25) is 0 Å². The molecule has 6 heteroatoms. The molecule has 29 heavy (non-hydrogen) atoms. The molecule has 3 rings (SSSR count). The van der Waals surface area contributed by atoms with Crippen molar-refractivity contribution in [1.29, 1.82) is 0 Å². The number of hydrogen-bond donors (Lipinski definition) is 1. The zero-order valence-corrected chi connectivity index (χ0v) is 20.7. The van der Waals surface area contributed by atoms with Crippen LogP contribution >= 0.6 is 24.0 Å². The van der Waals surface area contributed by atoms with Crippen molar-refractivity contribution < 1.29 is 4.74 Å². The van der Waals surface area contributed by atoms with Gasteiger partial charge in [0.2, 0.25) is 0 Å². The summed E-state index contributed by atoms with van der Waals surface area (Å²) in [4.78, 5) is 9.80. The molecule has 0 bridgehead atoms. The molecule has 0 unspecified atom stereocenters. The molecule has 0 saturated carbocycles. The van der Waals surface area contributed by atoms with Crippen molar-refractivity contribution in [1.82, 2.24) is 10.2 Å². The Hall–Kier alpha value is -1.02. The standard InChI is InChI=1S/C23H38N4O.HI/c1-4-24-23(27-16-12-22(13-17-27)28-5-2)25-18-20-6-8-21(9-7-20)26-14-10-19(3)11-15-26;/h6-9,19,22H,4-5,10-18H2,1-3H3,(H,24,25);1H. The summed E-state index contributed by atoms with van der Waals surface area (Å²) in [5.41, 5.74) is 2.62. The van der Waals surface area contributed by atoms with Crippen LogP contribution in [0.3, 0.4) is 0 Å². The normalized spacial score (nSPS) is 19.2. The topological polar surface area (TPSA) is 40.1 Å². The van der Waals surface area contributed by atoms with Crippen LogP contribution in [0.5, 0.6) is 0 Å². The number of guanidine groups is 1. The predicted octanol–water partition coefficient (Wildman–Crippen LogP) is 4.51. The number of piperidine rings is 2. The third-order valence-electron chi connectivity index (χ3n) is 5.98. The van der Waals surface area contributed by atoms with E-state index in [2.05, 4.69) is 60.2 Å². The lowest BCUT2D eigenvalue weighted by Crippen LogP contribution is -2.47. The van der Waals surface area contributed by atoms with Gasteiger partial charge in [0, 0.05) is 45.0 Å². The molecule has 0 aromatic heterocycles. The lowest BCUT2D eigenvalue weighted by Gasteiger charge is -2.34. The van der Waals surface area contributed by atoms with E-state index in [4.69, 9.17) is 9.73 Å². The molecule has 2 aliphatic heterocycles. The molecule has 2 saturated heterocycles. The van der Waals surface area contributed by atoms with Crippen molar-refractivity contribution in [2.75, 3.05) is 44.2 Å². The van der Waals surface area contributed by atoms with Gasteiger partial charge in [-0.15, -0.1) is 24.0 Å². The predicted molar refractivity (Wildman–Crippen MR) is 134 cm³/mol. The van der Waals surface area contributed by atoms with E-state index in [1.54, 1.807) is 0 Å². The van der Waals surface area contributed by atoms with Crippen LogP contribution in [0.1, 0.15) is 52.0 Å². The number of rotatable bonds is 6. The van der Waals surface area contributed by atoms with E-state index in [0.717, 1.165) is 57.5 Å². The summed E-state index contributed by atoms with van der Waals surface area (Å²) in [6.07, 6.45) is 5.19. The Morgan fingerprint density at radius 2 is 1.69 bits per heavy atom. The van der Waals surface area contributed by atoms with Gasteiger partial charge in [-0.25, -0.2) is 4.99 Å². The first-order chi connectivity index (χ1) is 13.7. The van der Waals surface area contributed by atoms with Crippen molar-refractivity contribution in [3.05, 3.63) is 29.8 Å². The molecule has 0 atom stereocenters. The number of hydrogen-bond acceptors (Lipinski definition) is 3.